The third-order valence-corrected chi connectivity index (χ3v) is 4.49. The first-order valence-corrected chi connectivity index (χ1v) is 9.17. The van der Waals surface area contributed by atoms with E-state index < -0.39 is 0 Å². The summed E-state index contributed by atoms with van der Waals surface area (Å²) in [5, 5.41) is 0. The van der Waals surface area contributed by atoms with Gasteiger partial charge in [-0.15, -0.1) is 0 Å². The Kier molecular flexibility index (Phi) is 6.96. The first-order valence-electron chi connectivity index (χ1n) is 9.17. The van der Waals surface area contributed by atoms with E-state index in [0.29, 0.717) is 19.0 Å². The summed E-state index contributed by atoms with van der Waals surface area (Å²) >= 11 is 0. The van der Waals surface area contributed by atoms with E-state index in [-0.39, 0.29) is 18.2 Å². The Morgan fingerprint density at radius 2 is 1.46 bits per heavy atom. The molecule has 4 nitrogen and oxygen atoms in total. The topological polar surface area (TPSA) is 40.6 Å². The summed E-state index contributed by atoms with van der Waals surface area (Å²) in [5.74, 6) is 0.405. The number of benzene rings is 2. The Labute approximate surface area is 156 Å². The summed E-state index contributed by atoms with van der Waals surface area (Å²) in [6.45, 7) is 8.75. The van der Waals surface area contributed by atoms with Crippen molar-refractivity contribution in [2.45, 2.75) is 40.0 Å². The fourth-order valence-corrected chi connectivity index (χ4v) is 2.96. The van der Waals surface area contributed by atoms with Crippen LogP contribution < -0.4 is 9.80 Å². The summed E-state index contributed by atoms with van der Waals surface area (Å²) in [6.07, 6.45) is 0.286. The van der Waals surface area contributed by atoms with E-state index in [1.807, 2.05) is 61.5 Å². The predicted octanol–water partition coefficient (Wildman–Crippen LogP) is 4.61. The lowest BCUT2D eigenvalue weighted by molar-refractivity contribution is -0.118. The molecular formula is C22H28N2O2. The number of para-hydroxylation sites is 1. The molecule has 0 N–H and O–H groups in total. The van der Waals surface area contributed by atoms with Gasteiger partial charge in [0.1, 0.15) is 0 Å². The van der Waals surface area contributed by atoms with E-state index >= 15 is 0 Å². The average Bonchev–Trinajstić information content (AvgIpc) is 2.63. The Morgan fingerprint density at radius 1 is 0.885 bits per heavy atom. The highest BCUT2D eigenvalue weighted by molar-refractivity contribution is 5.96. The average molecular weight is 352 g/mol. The minimum Gasteiger partial charge on any atom is -0.313 e. The van der Waals surface area contributed by atoms with Crippen molar-refractivity contribution < 1.29 is 9.59 Å². The Morgan fingerprint density at radius 3 is 1.96 bits per heavy atom. The second-order valence-electron chi connectivity index (χ2n) is 6.64. The van der Waals surface area contributed by atoms with Crippen molar-refractivity contribution >= 4 is 23.2 Å². The van der Waals surface area contributed by atoms with Crippen LogP contribution in [0.1, 0.15) is 45.6 Å². The molecule has 0 aliphatic heterocycles. The molecule has 0 unspecified atom stereocenters. The highest BCUT2D eigenvalue weighted by Gasteiger charge is 2.18. The van der Waals surface area contributed by atoms with Gasteiger partial charge in [-0.1, -0.05) is 44.2 Å². The minimum absolute atomic E-state index is 0.0174. The molecule has 0 fully saturated rings. The number of rotatable bonds is 7. The Bertz CT molecular complexity index is 724. The first kappa shape index (κ1) is 19.7. The second kappa shape index (κ2) is 9.18. The molecule has 26 heavy (non-hydrogen) atoms. The monoisotopic (exact) mass is 352 g/mol. The van der Waals surface area contributed by atoms with Gasteiger partial charge in [-0.05, 0) is 42.7 Å². The maximum absolute atomic E-state index is 12.7. The standard InChI is InChI=1S/C22H28N2O2/c1-5-23(20-9-7-6-8-10-20)22(26)15-16-24(18(4)25)21-13-11-19(12-14-21)17(2)3/h6-14,17H,5,15-16H2,1-4H3. The van der Waals surface area contributed by atoms with Crippen LogP contribution in [-0.2, 0) is 9.59 Å². The summed E-state index contributed by atoms with van der Waals surface area (Å²) in [5.41, 5.74) is 2.95. The third kappa shape index (κ3) is 4.94. The zero-order chi connectivity index (χ0) is 19.1. The van der Waals surface area contributed by atoms with E-state index in [1.54, 1.807) is 9.80 Å². The number of nitrogens with zero attached hydrogens (tertiary/aromatic N) is 2. The molecule has 0 radical (unpaired) electrons. The zero-order valence-electron chi connectivity index (χ0n) is 16.1. The molecule has 0 saturated carbocycles. The molecule has 2 rings (SSSR count). The summed E-state index contributed by atoms with van der Waals surface area (Å²) in [4.78, 5) is 28.2. The van der Waals surface area contributed by atoms with Gasteiger partial charge < -0.3 is 9.80 Å². The SMILES string of the molecule is CCN(C(=O)CCN(C(C)=O)c1ccc(C(C)C)cc1)c1ccccc1. The number of carbonyl (C=O) groups excluding carboxylic acids is 2. The normalized spacial score (nSPS) is 10.7. The van der Waals surface area contributed by atoms with Crippen LogP contribution in [-0.4, -0.2) is 24.9 Å². The van der Waals surface area contributed by atoms with Gasteiger partial charge in [-0.25, -0.2) is 0 Å². The second-order valence-corrected chi connectivity index (χ2v) is 6.64. The molecule has 0 atom stereocenters. The van der Waals surface area contributed by atoms with Gasteiger partial charge >= 0.3 is 0 Å². The molecule has 0 saturated heterocycles. The number of hydrogen-bond acceptors (Lipinski definition) is 2. The third-order valence-electron chi connectivity index (χ3n) is 4.49. The van der Waals surface area contributed by atoms with Crippen LogP contribution >= 0.6 is 0 Å². The molecule has 2 aromatic rings. The molecular weight excluding hydrogens is 324 g/mol. The van der Waals surface area contributed by atoms with Gasteiger partial charge in [-0.3, -0.25) is 9.59 Å². The van der Waals surface area contributed by atoms with Gasteiger partial charge in [0.15, 0.2) is 0 Å². The molecule has 138 valence electrons. The lowest BCUT2D eigenvalue weighted by Gasteiger charge is -2.25. The molecule has 0 spiro atoms. The van der Waals surface area contributed by atoms with Crippen molar-refractivity contribution in [2.75, 3.05) is 22.9 Å². The van der Waals surface area contributed by atoms with Crippen molar-refractivity contribution in [2.24, 2.45) is 0 Å². The van der Waals surface area contributed by atoms with Gasteiger partial charge in [-0.2, -0.15) is 0 Å². The van der Waals surface area contributed by atoms with Crippen LogP contribution in [0.15, 0.2) is 54.6 Å². The maximum atomic E-state index is 12.7. The van der Waals surface area contributed by atoms with Crippen LogP contribution in [0.4, 0.5) is 11.4 Å². The van der Waals surface area contributed by atoms with Crippen LogP contribution in [0.25, 0.3) is 0 Å². The van der Waals surface area contributed by atoms with Crippen LogP contribution in [0, 0.1) is 0 Å². The zero-order valence-corrected chi connectivity index (χ0v) is 16.1. The van der Waals surface area contributed by atoms with Gasteiger partial charge in [0.25, 0.3) is 0 Å². The highest BCUT2D eigenvalue weighted by Crippen LogP contribution is 2.21. The molecule has 2 aromatic carbocycles. The van der Waals surface area contributed by atoms with Gasteiger partial charge in [0.05, 0.1) is 0 Å². The Balaban J connectivity index is 2.08. The van der Waals surface area contributed by atoms with E-state index in [9.17, 15) is 9.59 Å². The van der Waals surface area contributed by atoms with Gasteiger partial charge in [0, 0.05) is 37.8 Å². The van der Waals surface area contributed by atoms with Crippen molar-refractivity contribution in [1.82, 2.24) is 0 Å². The number of carbonyl (C=O) groups is 2. The fraction of sp³-hybridized carbons (Fsp3) is 0.364. The van der Waals surface area contributed by atoms with Crippen LogP contribution in [0.2, 0.25) is 0 Å². The molecule has 0 bridgehead atoms. The molecule has 0 aromatic heterocycles. The van der Waals surface area contributed by atoms with Crippen LogP contribution in [0.5, 0.6) is 0 Å². The van der Waals surface area contributed by atoms with Gasteiger partial charge in [0.2, 0.25) is 11.8 Å². The van der Waals surface area contributed by atoms with Crippen molar-refractivity contribution in [3.63, 3.8) is 0 Å². The predicted molar refractivity (Wildman–Crippen MR) is 108 cm³/mol. The molecule has 0 heterocycles. The quantitative estimate of drug-likeness (QED) is 0.730. The lowest BCUT2D eigenvalue weighted by Crippen LogP contribution is -2.36. The molecule has 0 aliphatic rings. The number of anilines is 2. The first-order chi connectivity index (χ1) is 12.4. The van der Waals surface area contributed by atoms with E-state index in [2.05, 4.69) is 13.8 Å². The summed E-state index contributed by atoms with van der Waals surface area (Å²) in [7, 11) is 0. The highest BCUT2D eigenvalue weighted by atomic mass is 16.2. The van der Waals surface area contributed by atoms with Crippen LogP contribution in [0.3, 0.4) is 0 Å². The minimum atomic E-state index is -0.0575. The number of amides is 2. The molecule has 2 amide bonds. The van der Waals surface area contributed by atoms with Crippen molar-refractivity contribution in [3.8, 4) is 0 Å². The Hall–Kier alpha value is -2.62. The van der Waals surface area contributed by atoms with Crippen molar-refractivity contribution in [3.05, 3.63) is 60.2 Å². The molecule has 0 aliphatic carbocycles. The maximum Gasteiger partial charge on any atom is 0.228 e. The fourth-order valence-electron chi connectivity index (χ4n) is 2.96. The molecule has 4 heteroatoms. The smallest absolute Gasteiger partial charge is 0.228 e. The largest absolute Gasteiger partial charge is 0.313 e. The lowest BCUT2D eigenvalue weighted by atomic mass is 10.0. The van der Waals surface area contributed by atoms with E-state index in [1.165, 1.54) is 12.5 Å². The van der Waals surface area contributed by atoms with Crippen molar-refractivity contribution in [1.29, 1.82) is 0 Å². The number of hydrogen-bond donors (Lipinski definition) is 0. The summed E-state index contributed by atoms with van der Waals surface area (Å²) < 4.78 is 0. The summed E-state index contributed by atoms with van der Waals surface area (Å²) in [6, 6.07) is 17.6. The van der Waals surface area contributed by atoms with E-state index in [0.717, 1.165) is 11.4 Å². The van der Waals surface area contributed by atoms with E-state index in [4.69, 9.17) is 0 Å².